The summed E-state index contributed by atoms with van der Waals surface area (Å²) in [5.41, 5.74) is 1.06. The van der Waals surface area contributed by atoms with Gasteiger partial charge in [-0.25, -0.2) is 4.39 Å². The normalized spacial score (nSPS) is 19.7. The van der Waals surface area contributed by atoms with Crippen LogP contribution in [0.2, 0.25) is 0 Å². The van der Waals surface area contributed by atoms with Crippen molar-refractivity contribution in [2.45, 2.75) is 31.6 Å². The van der Waals surface area contributed by atoms with Gasteiger partial charge in [0, 0.05) is 23.4 Å². The summed E-state index contributed by atoms with van der Waals surface area (Å²) in [7, 11) is 0. The quantitative estimate of drug-likeness (QED) is 0.695. The topological polar surface area (TPSA) is 68.0 Å². The molecule has 1 fully saturated rings. The summed E-state index contributed by atoms with van der Waals surface area (Å²) >= 11 is 1.60. The highest BCUT2D eigenvalue weighted by atomic mass is 32.1. The van der Waals surface area contributed by atoms with Crippen LogP contribution < -0.4 is 5.32 Å². The molecule has 4 rings (SSSR count). The number of rotatable bonds is 5. The predicted octanol–water partition coefficient (Wildman–Crippen LogP) is 4.64. The van der Waals surface area contributed by atoms with Crippen molar-refractivity contribution in [2.24, 2.45) is 5.92 Å². The summed E-state index contributed by atoms with van der Waals surface area (Å²) in [6.07, 6.45) is 3.84. The van der Waals surface area contributed by atoms with E-state index in [1.807, 2.05) is 16.8 Å². The Kier molecular flexibility index (Phi) is 5.29. The third-order valence-corrected chi connectivity index (χ3v) is 5.76. The number of benzene rings is 1. The maximum atomic E-state index is 13.7. The van der Waals surface area contributed by atoms with Gasteiger partial charge in [0.05, 0.1) is 5.56 Å². The first-order valence-corrected chi connectivity index (χ1v) is 10.0. The van der Waals surface area contributed by atoms with Crippen LogP contribution in [0.5, 0.6) is 0 Å². The Bertz CT molecular complexity index is 902. The summed E-state index contributed by atoms with van der Waals surface area (Å²) < 4.78 is 19.5. The molecule has 2 aromatic heterocycles. The molecule has 0 saturated heterocycles. The van der Waals surface area contributed by atoms with E-state index in [0.29, 0.717) is 24.2 Å². The fraction of sp³-hybridized carbons (Fsp3) is 0.350. The molecule has 7 heteroatoms. The van der Waals surface area contributed by atoms with Gasteiger partial charge in [-0.05, 0) is 55.2 Å². The Labute approximate surface area is 160 Å². The Balaban J connectivity index is 1.28. The van der Waals surface area contributed by atoms with Gasteiger partial charge in [0.25, 0.3) is 5.91 Å². The van der Waals surface area contributed by atoms with Crippen molar-refractivity contribution in [1.29, 1.82) is 0 Å². The Morgan fingerprint density at radius 2 is 2.00 bits per heavy atom. The molecule has 0 spiro atoms. The van der Waals surface area contributed by atoms with E-state index < -0.39 is 5.82 Å². The molecule has 140 valence electrons. The third-order valence-electron chi connectivity index (χ3n) is 5.07. The van der Waals surface area contributed by atoms with Crippen LogP contribution in [0.15, 0.2) is 45.5 Å². The lowest BCUT2D eigenvalue weighted by Gasteiger charge is -2.26. The third kappa shape index (κ3) is 4.08. The van der Waals surface area contributed by atoms with Gasteiger partial charge in [0.2, 0.25) is 11.8 Å². The zero-order valence-corrected chi connectivity index (χ0v) is 15.5. The summed E-state index contributed by atoms with van der Waals surface area (Å²) in [4.78, 5) is 12.1. The zero-order valence-electron chi connectivity index (χ0n) is 14.7. The lowest BCUT2D eigenvalue weighted by atomic mass is 9.82. The molecule has 5 nitrogen and oxygen atoms in total. The Morgan fingerprint density at radius 1 is 1.19 bits per heavy atom. The number of hydrogen-bond acceptors (Lipinski definition) is 5. The SMILES string of the molecule is O=C(NCC1CCC(c2nnc(-c3ccsc3)o2)CC1)c1ccccc1F. The number of halogens is 1. The van der Waals surface area contributed by atoms with Crippen LogP contribution in [0.3, 0.4) is 0 Å². The van der Waals surface area contributed by atoms with Gasteiger partial charge in [-0.15, -0.1) is 10.2 Å². The molecule has 1 aliphatic carbocycles. The summed E-state index contributed by atoms with van der Waals surface area (Å²) in [5, 5.41) is 15.2. The molecule has 1 amide bonds. The lowest BCUT2D eigenvalue weighted by Crippen LogP contribution is -2.31. The fourth-order valence-electron chi connectivity index (χ4n) is 3.49. The van der Waals surface area contributed by atoms with Gasteiger partial charge < -0.3 is 9.73 Å². The molecular formula is C20H20FN3O2S. The first-order valence-electron chi connectivity index (χ1n) is 9.09. The second-order valence-electron chi connectivity index (χ2n) is 6.86. The fourth-order valence-corrected chi connectivity index (χ4v) is 4.12. The lowest BCUT2D eigenvalue weighted by molar-refractivity contribution is 0.0938. The van der Waals surface area contributed by atoms with E-state index in [0.717, 1.165) is 31.2 Å². The van der Waals surface area contributed by atoms with Crippen LogP contribution >= 0.6 is 11.3 Å². The molecule has 1 saturated carbocycles. The van der Waals surface area contributed by atoms with Crippen molar-refractivity contribution in [1.82, 2.24) is 15.5 Å². The highest BCUT2D eigenvalue weighted by Crippen LogP contribution is 2.36. The minimum Gasteiger partial charge on any atom is -0.420 e. The van der Waals surface area contributed by atoms with E-state index in [2.05, 4.69) is 15.5 Å². The minimum absolute atomic E-state index is 0.0954. The number of nitrogens with one attached hydrogen (secondary N) is 1. The van der Waals surface area contributed by atoms with Crippen molar-refractivity contribution >= 4 is 17.2 Å². The Hall–Kier alpha value is -2.54. The summed E-state index contributed by atoms with van der Waals surface area (Å²) in [6.45, 7) is 0.559. The molecule has 1 aliphatic rings. The predicted molar refractivity (Wildman–Crippen MR) is 101 cm³/mol. The van der Waals surface area contributed by atoms with Crippen LogP contribution in [-0.4, -0.2) is 22.6 Å². The smallest absolute Gasteiger partial charge is 0.254 e. The maximum Gasteiger partial charge on any atom is 0.254 e. The number of carbonyl (C=O) groups is 1. The number of hydrogen-bond donors (Lipinski definition) is 1. The highest BCUT2D eigenvalue weighted by molar-refractivity contribution is 7.08. The molecule has 1 aromatic carbocycles. The largest absolute Gasteiger partial charge is 0.420 e. The maximum absolute atomic E-state index is 13.7. The van der Waals surface area contributed by atoms with E-state index in [-0.39, 0.29) is 17.4 Å². The Morgan fingerprint density at radius 3 is 2.74 bits per heavy atom. The highest BCUT2D eigenvalue weighted by Gasteiger charge is 2.27. The van der Waals surface area contributed by atoms with Crippen LogP contribution in [0.1, 0.15) is 47.8 Å². The van der Waals surface area contributed by atoms with Gasteiger partial charge in [-0.3, -0.25) is 4.79 Å². The van der Waals surface area contributed by atoms with Crippen molar-refractivity contribution < 1.29 is 13.6 Å². The second kappa shape index (κ2) is 8.00. The van der Waals surface area contributed by atoms with Gasteiger partial charge in [0.15, 0.2) is 0 Å². The van der Waals surface area contributed by atoms with Crippen molar-refractivity contribution in [3.63, 3.8) is 0 Å². The summed E-state index contributed by atoms with van der Waals surface area (Å²) in [6, 6.07) is 8.01. The molecule has 0 atom stereocenters. The number of amides is 1. The molecule has 0 radical (unpaired) electrons. The van der Waals surface area contributed by atoms with E-state index in [1.54, 1.807) is 23.5 Å². The van der Waals surface area contributed by atoms with Gasteiger partial charge in [0.1, 0.15) is 5.82 Å². The van der Waals surface area contributed by atoms with Crippen LogP contribution in [0, 0.1) is 11.7 Å². The molecular weight excluding hydrogens is 365 g/mol. The van der Waals surface area contributed by atoms with E-state index in [4.69, 9.17) is 4.42 Å². The summed E-state index contributed by atoms with van der Waals surface area (Å²) in [5.74, 6) is 1.08. The minimum atomic E-state index is -0.489. The van der Waals surface area contributed by atoms with Crippen LogP contribution in [-0.2, 0) is 0 Å². The zero-order chi connectivity index (χ0) is 18.6. The van der Waals surface area contributed by atoms with E-state index in [1.165, 1.54) is 12.1 Å². The molecule has 27 heavy (non-hydrogen) atoms. The van der Waals surface area contributed by atoms with Crippen LogP contribution in [0.4, 0.5) is 4.39 Å². The molecule has 1 N–H and O–H groups in total. The average Bonchev–Trinajstić information content (AvgIpc) is 3.38. The van der Waals surface area contributed by atoms with Crippen molar-refractivity contribution in [2.75, 3.05) is 6.54 Å². The molecule has 0 bridgehead atoms. The van der Waals surface area contributed by atoms with Gasteiger partial charge in [-0.1, -0.05) is 12.1 Å². The second-order valence-corrected chi connectivity index (χ2v) is 7.65. The number of aromatic nitrogens is 2. The van der Waals surface area contributed by atoms with E-state index >= 15 is 0 Å². The van der Waals surface area contributed by atoms with Gasteiger partial charge in [-0.2, -0.15) is 11.3 Å². The molecule has 0 unspecified atom stereocenters. The first kappa shape index (κ1) is 17.9. The van der Waals surface area contributed by atoms with Crippen molar-refractivity contribution in [3.8, 4) is 11.5 Å². The molecule has 0 aliphatic heterocycles. The number of nitrogens with zero attached hydrogens (tertiary/aromatic N) is 2. The first-order chi connectivity index (χ1) is 13.2. The standard InChI is InChI=1S/C20H20FN3O2S/c21-17-4-2-1-3-16(17)18(25)22-11-13-5-7-14(8-6-13)19-23-24-20(26-19)15-9-10-27-12-15/h1-4,9-10,12-14H,5-8,11H2,(H,22,25). The monoisotopic (exact) mass is 385 g/mol. The van der Waals surface area contributed by atoms with E-state index in [9.17, 15) is 9.18 Å². The van der Waals surface area contributed by atoms with Crippen molar-refractivity contribution in [3.05, 3.63) is 58.4 Å². The average molecular weight is 385 g/mol. The number of thiophene rings is 1. The molecule has 3 aromatic rings. The van der Waals surface area contributed by atoms with Crippen LogP contribution in [0.25, 0.3) is 11.5 Å². The molecule has 2 heterocycles. The number of carbonyl (C=O) groups excluding carboxylic acids is 1. The van der Waals surface area contributed by atoms with Gasteiger partial charge >= 0.3 is 0 Å².